The summed E-state index contributed by atoms with van der Waals surface area (Å²) in [7, 11) is 0. The van der Waals surface area contributed by atoms with E-state index in [9.17, 15) is 0 Å². The van der Waals surface area contributed by atoms with E-state index in [1.54, 1.807) is 6.07 Å². The fourth-order valence-electron chi connectivity index (χ4n) is 1.66. The Labute approximate surface area is 120 Å². The van der Waals surface area contributed by atoms with Gasteiger partial charge in [0.25, 0.3) is 0 Å². The molecule has 18 heavy (non-hydrogen) atoms. The van der Waals surface area contributed by atoms with Crippen molar-refractivity contribution in [3.63, 3.8) is 0 Å². The van der Waals surface area contributed by atoms with Crippen LogP contribution in [0, 0.1) is 0 Å². The SMILES string of the molecule is NCCc1cc(Br)ccc1Oc1cccc(Cl)c1. The lowest BCUT2D eigenvalue weighted by Crippen LogP contribution is -2.04. The fourth-order valence-corrected chi connectivity index (χ4v) is 2.24. The highest BCUT2D eigenvalue weighted by Gasteiger charge is 2.05. The summed E-state index contributed by atoms with van der Waals surface area (Å²) in [6, 6.07) is 13.2. The molecule has 0 radical (unpaired) electrons. The minimum absolute atomic E-state index is 0.586. The molecule has 0 aromatic heterocycles. The molecule has 4 heteroatoms. The van der Waals surface area contributed by atoms with Crippen LogP contribution in [0.3, 0.4) is 0 Å². The van der Waals surface area contributed by atoms with E-state index in [-0.39, 0.29) is 0 Å². The highest BCUT2D eigenvalue weighted by molar-refractivity contribution is 9.10. The number of ether oxygens (including phenoxy) is 1. The van der Waals surface area contributed by atoms with Crippen molar-refractivity contribution >= 4 is 27.5 Å². The molecule has 0 heterocycles. The zero-order valence-corrected chi connectivity index (χ0v) is 12.0. The first kappa shape index (κ1) is 13.4. The Balaban J connectivity index is 2.28. The second-order valence-electron chi connectivity index (χ2n) is 3.85. The van der Waals surface area contributed by atoms with Gasteiger partial charge in [0.05, 0.1) is 0 Å². The lowest BCUT2D eigenvalue weighted by atomic mass is 10.1. The Bertz CT molecular complexity index is 545. The van der Waals surface area contributed by atoms with Crippen LogP contribution in [0.15, 0.2) is 46.9 Å². The smallest absolute Gasteiger partial charge is 0.130 e. The highest BCUT2D eigenvalue weighted by atomic mass is 79.9. The largest absolute Gasteiger partial charge is 0.457 e. The van der Waals surface area contributed by atoms with Crippen LogP contribution in [0.1, 0.15) is 5.56 Å². The molecule has 2 aromatic carbocycles. The number of benzene rings is 2. The maximum Gasteiger partial charge on any atom is 0.130 e. The van der Waals surface area contributed by atoms with Crippen molar-refractivity contribution in [2.24, 2.45) is 5.73 Å². The third-order valence-corrected chi connectivity index (χ3v) is 3.19. The van der Waals surface area contributed by atoms with Crippen molar-refractivity contribution < 1.29 is 4.74 Å². The van der Waals surface area contributed by atoms with Crippen molar-refractivity contribution in [2.45, 2.75) is 6.42 Å². The molecule has 0 bridgehead atoms. The van der Waals surface area contributed by atoms with E-state index in [1.165, 1.54) is 0 Å². The van der Waals surface area contributed by atoms with Crippen LogP contribution in [-0.4, -0.2) is 6.54 Å². The minimum atomic E-state index is 0.586. The number of rotatable bonds is 4. The summed E-state index contributed by atoms with van der Waals surface area (Å²) in [6.07, 6.45) is 0.773. The van der Waals surface area contributed by atoms with E-state index in [2.05, 4.69) is 15.9 Å². The number of hydrogen-bond donors (Lipinski definition) is 1. The van der Waals surface area contributed by atoms with Crippen LogP contribution in [0.2, 0.25) is 5.02 Å². The first-order valence-corrected chi connectivity index (χ1v) is 6.78. The Hall–Kier alpha value is -1.03. The first-order valence-electron chi connectivity index (χ1n) is 5.61. The molecule has 0 aliphatic heterocycles. The normalized spacial score (nSPS) is 10.4. The van der Waals surface area contributed by atoms with Gasteiger partial charge in [0.15, 0.2) is 0 Å². The Morgan fingerprint density at radius 3 is 2.72 bits per heavy atom. The van der Waals surface area contributed by atoms with Crippen molar-refractivity contribution in [2.75, 3.05) is 6.54 Å². The van der Waals surface area contributed by atoms with Gasteiger partial charge in [0.1, 0.15) is 11.5 Å². The molecule has 0 unspecified atom stereocenters. The maximum absolute atomic E-state index is 5.93. The number of nitrogens with two attached hydrogens (primary N) is 1. The molecule has 94 valence electrons. The van der Waals surface area contributed by atoms with Gasteiger partial charge in [-0.3, -0.25) is 0 Å². The molecule has 2 N–H and O–H groups in total. The monoisotopic (exact) mass is 325 g/mol. The second kappa shape index (κ2) is 6.23. The molecule has 0 spiro atoms. The molecular formula is C14H13BrClNO. The van der Waals surface area contributed by atoms with E-state index in [1.807, 2.05) is 36.4 Å². The molecular weight excluding hydrogens is 314 g/mol. The molecule has 0 aliphatic rings. The fraction of sp³-hybridized carbons (Fsp3) is 0.143. The zero-order valence-electron chi connectivity index (χ0n) is 9.70. The first-order chi connectivity index (χ1) is 8.69. The molecule has 2 nitrogen and oxygen atoms in total. The summed E-state index contributed by atoms with van der Waals surface area (Å²) in [5, 5.41) is 0.657. The van der Waals surface area contributed by atoms with Gasteiger partial charge in [0, 0.05) is 9.50 Å². The van der Waals surface area contributed by atoms with Gasteiger partial charge in [-0.05, 0) is 54.9 Å². The number of halogens is 2. The predicted octanol–water partition coefficient (Wildman–Crippen LogP) is 4.40. The molecule has 0 saturated heterocycles. The predicted molar refractivity (Wildman–Crippen MR) is 78.4 cm³/mol. The van der Waals surface area contributed by atoms with Crippen LogP contribution in [0.5, 0.6) is 11.5 Å². The lowest BCUT2D eigenvalue weighted by molar-refractivity contribution is 0.476. The molecule has 0 saturated carbocycles. The summed E-state index contributed by atoms with van der Waals surface area (Å²) in [5.74, 6) is 1.54. The third-order valence-electron chi connectivity index (χ3n) is 2.46. The van der Waals surface area contributed by atoms with Gasteiger partial charge < -0.3 is 10.5 Å². The molecule has 0 aliphatic carbocycles. The van der Waals surface area contributed by atoms with E-state index >= 15 is 0 Å². The van der Waals surface area contributed by atoms with E-state index in [4.69, 9.17) is 22.1 Å². The summed E-state index contributed by atoms with van der Waals surface area (Å²) in [6.45, 7) is 0.586. The summed E-state index contributed by atoms with van der Waals surface area (Å²) >= 11 is 9.38. The van der Waals surface area contributed by atoms with E-state index in [0.29, 0.717) is 11.6 Å². The second-order valence-corrected chi connectivity index (χ2v) is 5.20. The average Bonchev–Trinajstić information content (AvgIpc) is 2.33. The Kier molecular flexibility index (Phi) is 4.64. The molecule has 0 amide bonds. The zero-order chi connectivity index (χ0) is 13.0. The summed E-state index contributed by atoms with van der Waals surface area (Å²) in [5.41, 5.74) is 6.68. The van der Waals surface area contributed by atoms with Crippen molar-refractivity contribution in [1.82, 2.24) is 0 Å². The Morgan fingerprint density at radius 1 is 1.17 bits per heavy atom. The highest BCUT2D eigenvalue weighted by Crippen LogP contribution is 2.29. The summed E-state index contributed by atoms with van der Waals surface area (Å²) < 4.78 is 6.85. The molecule has 2 aromatic rings. The Morgan fingerprint density at radius 2 is 2.00 bits per heavy atom. The molecule has 2 rings (SSSR count). The topological polar surface area (TPSA) is 35.2 Å². The third kappa shape index (κ3) is 3.48. The van der Waals surface area contributed by atoms with Gasteiger partial charge in [0.2, 0.25) is 0 Å². The van der Waals surface area contributed by atoms with Crippen LogP contribution >= 0.6 is 27.5 Å². The van der Waals surface area contributed by atoms with E-state index in [0.717, 1.165) is 28.0 Å². The van der Waals surface area contributed by atoms with Crippen LogP contribution in [0.25, 0.3) is 0 Å². The van der Waals surface area contributed by atoms with Crippen molar-refractivity contribution in [1.29, 1.82) is 0 Å². The maximum atomic E-state index is 5.93. The van der Waals surface area contributed by atoms with Crippen molar-refractivity contribution in [3.8, 4) is 11.5 Å². The molecule has 0 atom stereocenters. The quantitative estimate of drug-likeness (QED) is 0.904. The van der Waals surface area contributed by atoms with Crippen LogP contribution < -0.4 is 10.5 Å². The standard InChI is InChI=1S/C14H13BrClNO/c15-11-4-5-14(10(8-11)6-7-17)18-13-3-1-2-12(16)9-13/h1-5,8-9H,6-7,17H2. The molecule has 0 fully saturated rings. The number of hydrogen-bond acceptors (Lipinski definition) is 2. The average molecular weight is 327 g/mol. The van der Waals surface area contributed by atoms with Crippen LogP contribution in [-0.2, 0) is 6.42 Å². The van der Waals surface area contributed by atoms with Gasteiger partial charge in [-0.2, -0.15) is 0 Å². The summed E-state index contributed by atoms with van der Waals surface area (Å²) in [4.78, 5) is 0. The van der Waals surface area contributed by atoms with Crippen LogP contribution in [0.4, 0.5) is 0 Å². The van der Waals surface area contributed by atoms with E-state index < -0.39 is 0 Å². The van der Waals surface area contributed by atoms with Gasteiger partial charge in [-0.25, -0.2) is 0 Å². The van der Waals surface area contributed by atoms with Gasteiger partial charge >= 0.3 is 0 Å². The lowest BCUT2D eigenvalue weighted by Gasteiger charge is -2.11. The minimum Gasteiger partial charge on any atom is -0.457 e. The van der Waals surface area contributed by atoms with Gasteiger partial charge in [-0.15, -0.1) is 0 Å². The van der Waals surface area contributed by atoms with Gasteiger partial charge in [-0.1, -0.05) is 33.6 Å². The van der Waals surface area contributed by atoms with Crippen molar-refractivity contribution in [3.05, 3.63) is 57.5 Å².